The van der Waals surface area contributed by atoms with Gasteiger partial charge in [0.15, 0.2) is 0 Å². The maximum Gasteiger partial charge on any atom is 0.247 e. The maximum atomic E-state index is 12.8. The molecule has 1 unspecified atom stereocenters. The van der Waals surface area contributed by atoms with Crippen LogP contribution in [0.15, 0.2) is 82.2 Å². The van der Waals surface area contributed by atoms with Gasteiger partial charge in [-0.25, -0.2) is 4.90 Å². The first kappa shape index (κ1) is 22.6. The van der Waals surface area contributed by atoms with Crippen LogP contribution in [0.2, 0.25) is 5.02 Å². The van der Waals surface area contributed by atoms with Crippen LogP contribution in [0.1, 0.15) is 12.0 Å². The maximum absolute atomic E-state index is 12.8. The number of amides is 3. The first-order valence-corrected chi connectivity index (χ1v) is 11.9. The molecule has 1 atom stereocenters. The molecule has 1 aliphatic heterocycles. The van der Waals surface area contributed by atoms with Crippen LogP contribution >= 0.6 is 39.3 Å². The second kappa shape index (κ2) is 9.90. The Kier molecular flexibility index (Phi) is 6.98. The summed E-state index contributed by atoms with van der Waals surface area (Å²) in [5.41, 5.74) is 2.11. The molecule has 0 aromatic heterocycles. The van der Waals surface area contributed by atoms with Crippen molar-refractivity contribution in [1.82, 2.24) is 0 Å². The first-order valence-electron chi connectivity index (χ1n) is 9.82. The molecule has 5 nitrogen and oxygen atoms in total. The molecule has 4 rings (SSSR count). The van der Waals surface area contributed by atoms with Crippen LogP contribution in [0, 0.1) is 0 Å². The lowest BCUT2D eigenvalue weighted by Gasteiger charge is -2.15. The highest BCUT2D eigenvalue weighted by atomic mass is 79.9. The van der Waals surface area contributed by atoms with E-state index < -0.39 is 5.25 Å². The average molecular weight is 530 g/mol. The first-order chi connectivity index (χ1) is 15.4. The number of carbonyl (C=O) groups is 3. The standard InChI is InChI=1S/C24H18BrClN2O3S/c25-16-3-9-19(10-4-16)28-23(30)14-21(24(28)31)32-20-11-7-18(8-12-20)27-22(29)13-15-1-5-17(26)6-2-15/h1-12,21H,13-14H2,(H,27,29). The molecule has 3 aromatic carbocycles. The fourth-order valence-corrected chi connectivity index (χ4v) is 4.78. The van der Waals surface area contributed by atoms with E-state index in [-0.39, 0.29) is 30.6 Å². The van der Waals surface area contributed by atoms with E-state index in [2.05, 4.69) is 21.2 Å². The monoisotopic (exact) mass is 528 g/mol. The van der Waals surface area contributed by atoms with E-state index in [0.717, 1.165) is 14.9 Å². The van der Waals surface area contributed by atoms with Gasteiger partial charge in [0.1, 0.15) is 0 Å². The Labute approximate surface area is 203 Å². The van der Waals surface area contributed by atoms with Gasteiger partial charge in [-0.3, -0.25) is 14.4 Å². The SMILES string of the molecule is O=C(Cc1ccc(Cl)cc1)Nc1ccc(SC2CC(=O)N(c3ccc(Br)cc3)C2=O)cc1. The number of nitrogens with one attached hydrogen (secondary N) is 1. The van der Waals surface area contributed by atoms with Gasteiger partial charge in [-0.15, -0.1) is 11.8 Å². The van der Waals surface area contributed by atoms with Crippen LogP contribution < -0.4 is 10.2 Å². The molecule has 0 radical (unpaired) electrons. The van der Waals surface area contributed by atoms with Crippen molar-refractivity contribution < 1.29 is 14.4 Å². The van der Waals surface area contributed by atoms with Crippen molar-refractivity contribution in [3.05, 3.63) is 87.9 Å². The third kappa shape index (κ3) is 5.41. The molecule has 1 saturated heterocycles. The van der Waals surface area contributed by atoms with Crippen LogP contribution in [0.5, 0.6) is 0 Å². The molecule has 0 saturated carbocycles. The van der Waals surface area contributed by atoms with E-state index in [0.29, 0.717) is 16.4 Å². The Morgan fingerprint density at radius 3 is 2.31 bits per heavy atom. The lowest BCUT2D eigenvalue weighted by Crippen LogP contribution is -2.31. The summed E-state index contributed by atoms with van der Waals surface area (Å²) in [6.45, 7) is 0. The van der Waals surface area contributed by atoms with Crippen molar-refractivity contribution in [3.63, 3.8) is 0 Å². The molecule has 1 aliphatic rings. The minimum Gasteiger partial charge on any atom is -0.326 e. The predicted octanol–water partition coefficient (Wildman–Crippen LogP) is 5.71. The van der Waals surface area contributed by atoms with Crippen molar-refractivity contribution in [3.8, 4) is 0 Å². The molecule has 162 valence electrons. The van der Waals surface area contributed by atoms with E-state index in [1.54, 1.807) is 48.5 Å². The van der Waals surface area contributed by atoms with Crippen LogP contribution in [-0.4, -0.2) is 23.0 Å². The van der Waals surface area contributed by atoms with Gasteiger partial charge in [0.05, 0.1) is 17.4 Å². The summed E-state index contributed by atoms with van der Waals surface area (Å²) in [6, 6.07) is 21.5. The quantitative estimate of drug-likeness (QED) is 0.416. The number of nitrogens with zero attached hydrogens (tertiary/aromatic N) is 1. The summed E-state index contributed by atoms with van der Waals surface area (Å²) in [5.74, 6) is -0.557. The third-order valence-electron chi connectivity index (χ3n) is 4.88. The van der Waals surface area contributed by atoms with Crippen molar-refractivity contribution >= 4 is 68.4 Å². The lowest BCUT2D eigenvalue weighted by atomic mass is 10.1. The van der Waals surface area contributed by atoms with E-state index in [9.17, 15) is 14.4 Å². The minimum absolute atomic E-state index is 0.130. The summed E-state index contributed by atoms with van der Waals surface area (Å²) in [5, 5.41) is 3.01. The normalized spacial score (nSPS) is 15.8. The second-order valence-corrected chi connectivity index (χ2v) is 9.86. The van der Waals surface area contributed by atoms with Gasteiger partial charge in [0, 0.05) is 26.5 Å². The van der Waals surface area contributed by atoms with Crippen molar-refractivity contribution in [2.24, 2.45) is 0 Å². The number of halogens is 2. The highest BCUT2D eigenvalue weighted by Crippen LogP contribution is 2.34. The molecule has 1 fully saturated rings. The second-order valence-electron chi connectivity index (χ2n) is 7.23. The molecule has 0 spiro atoms. The highest BCUT2D eigenvalue weighted by molar-refractivity contribution is 9.10. The molecular formula is C24H18BrClN2O3S. The van der Waals surface area contributed by atoms with Crippen LogP contribution in [0.3, 0.4) is 0 Å². The topological polar surface area (TPSA) is 66.5 Å². The molecule has 3 aromatic rings. The predicted molar refractivity (Wildman–Crippen MR) is 131 cm³/mol. The zero-order chi connectivity index (χ0) is 22.7. The summed E-state index contributed by atoms with van der Waals surface area (Å²) in [6.07, 6.45) is 0.400. The van der Waals surface area contributed by atoms with Gasteiger partial charge in [-0.05, 0) is 66.2 Å². The van der Waals surface area contributed by atoms with E-state index in [4.69, 9.17) is 11.6 Å². The molecule has 1 N–H and O–H groups in total. The Balaban J connectivity index is 1.35. The summed E-state index contributed by atoms with van der Waals surface area (Å²) >= 11 is 10.6. The summed E-state index contributed by atoms with van der Waals surface area (Å²) in [7, 11) is 0. The molecule has 1 heterocycles. The van der Waals surface area contributed by atoms with Crippen molar-refractivity contribution in [2.45, 2.75) is 23.0 Å². The fourth-order valence-electron chi connectivity index (χ4n) is 3.33. The van der Waals surface area contributed by atoms with Crippen molar-refractivity contribution in [2.75, 3.05) is 10.2 Å². The number of hydrogen-bond acceptors (Lipinski definition) is 4. The molecule has 0 bridgehead atoms. The number of benzene rings is 3. The zero-order valence-corrected chi connectivity index (χ0v) is 19.9. The Hall–Kier alpha value is -2.61. The van der Waals surface area contributed by atoms with Gasteiger partial charge < -0.3 is 5.32 Å². The number of anilines is 2. The van der Waals surface area contributed by atoms with Crippen LogP contribution in [0.4, 0.5) is 11.4 Å². The zero-order valence-electron chi connectivity index (χ0n) is 16.8. The van der Waals surface area contributed by atoms with Crippen LogP contribution in [-0.2, 0) is 20.8 Å². The average Bonchev–Trinajstić information content (AvgIpc) is 3.05. The largest absolute Gasteiger partial charge is 0.326 e. The highest BCUT2D eigenvalue weighted by Gasteiger charge is 2.40. The lowest BCUT2D eigenvalue weighted by molar-refractivity contribution is -0.121. The van der Waals surface area contributed by atoms with Crippen molar-refractivity contribution in [1.29, 1.82) is 0 Å². The summed E-state index contributed by atoms with van der Waals surface area (Å²) < 4.78 is 0.881. The number of rotatable bonds is 6. The van der Waals surface area contributed by atoms with Gasteiger partial charge in [0.25, 0.3) is 0 Å². The number of hydrogen-bond donors (Lipinski definition) is 1. The van der Waals surface area contributed by atoms with Gasteiger partial charge in [-0.1, -0.05) is 39.7 Å². The minimum atomic E-state index is -0.475. The van der Waals surface area contributed by atoms with E-state index >= 15 is 0 Å². The number of imide groups is 1. The Bertz CT molecular complexity index is 1150. The molecule has 8 heteroatoms. The molecule has 0 aliphatic carbocycles. The summed E-state index contributed by atoms with van der Waals surface area (Å²) in [4.78, 5) is 39.6. The molecule has 32 heavy (non-hydrogen) atoms. The third-order valence-corrected chi connectivity index (χ3v) is 6.86. The molecular weight excluding hydrogens is 512 g/mol. The molecule has 3 amide bonds. The Morgan fingerprint density at radius 2 is 1.66 bits per heavy atom. The van der Waals surface area contributed by atoms with Crippen LogP contribution in [0.25, 0.3) is 0 Å². The van der Waals surface area contributed by atoms with E-state index in [1.807, 2.05) is 24.3 Å². The van der Waals surface area contributed by atoms with Gasteiger partial charge in [0.2, 0.25) is 17.7 Å². The smallest absolute Gasteiger partial charge is 0.247 e. The number of thioether (sulfide) groups is 1. The fraction of sp³-hybridized carbons (Fsp3) is 0.125. The number of carbonyl (C=O) groups excluding carboxylic acids is 3. The van der Waals surface area contributed by atoms with E-state index in [1.165, 1.54) is 16.7 Å². The van der Waals surface area contributed by atoms with Gasteiger partial charge in [-0.2, -0.15) is 0 Å². The Morgan fingerprint density at radius 1 is 1.00 bits per heavy atom. The van der Waals surface area contributed by atoms with Gasteiger partial charge >= 0.3 is 0 Å².